The Labute approximate surface area is 212 Å². The Balaban J connectivity index is 2.14. The number of ether oxygens (including phenoxy) is 1. The second kappa shape index (κ2) is 12.9. The third-order valence-electron chi connectivity index (χ3n) is 5.19. The van der Waals surface area contributed by atoms with E-state index >= 15 is 0 Å². The standard InChI is InChI=1S/C26H31BrO6S/c1-15(2)11-22-19(27)13-18(34-22)12-17(4)25(30)24-20(28)14-21(33-26(24)31)16(3)9-7-6-8-10-23(29)32-5/h6,8,12-16,28H,7,9-11H2,1-5H3/b8-6+,17-12?. The average molecular weight is 551 g/mol. The van der Waals surface area contributed by atoms with E-state index in [1.165, 1.54) is 18.1 Å². The number of esters is 1. The van der Waals surface area contributed by atoms with Gasteiger partial charge < -0.3 is 14.3 Å². The lowest BCUT2D eigenvalue weighted by Crippen LogP contribution is -2.16. The maximum Gasteiger partial charge on any atom is 0.351 e. The molecular formula is C26H31BrO6S. The second-order valence-corrected chi connectivity index (χ2v) is 10.6. The predicted molar refractivity (Wildman–Crippen MR) is 139 cm³/mol. The molecule has 34 heavy (non-hydrogen) atoms. The van der Waals surface area contributed by atoms with Crippen molar-refractivity contribution < 1.29 is 23.8 Å². The van der Waals surface area contributed by atoms with Crippen molar-refractivity contribution in [1.82, 2.24) is 0 Å². The minimum atomic E-state index is -0.853. The summed E-state index contributed by atoms with van der Waals surface area (Å²) in [6.07, 6.45) is 7.72. The van der Waals surface area contributed by atoms with Gasteiger partial charge in [-0.3, -0.25) is 9.59 Å². The van der Waals surface area contributed by atoms with E-state index in [4.69, 9.17) is 4.42 Å². The van der Waals surface area contributed by atoms with Gasteiger partial charge in [-0.15, -0.1) is 11.3 Å². The quantitative estimate of drug-likeness (QED) is 0.145. The van der Waals surface area contributed by atoms with Gasteiger partial charge in [0.2, 0.25) is 0 Å². The monoisotopic (exact) mass is 550 g/mol. The number of carbonyl (C=O) groups excluding carboxylic acids is 2. The number of hydrogen-bond acceptors (Lipinski definition) is 7. The third kappa shape index (κ3) is 7.81. The van der Waals surface area contributed by atoms with Crippen LogP contribution in [0.4, 0.5) is 0 Å². The molecule has 0 aliphatic rings. The van der Waals surface area contributed by atoms with Crippen molar-refractivity contribution in [3.8, 4) is 5.75 Å². The van der Waals surface area contributed by atoms with E-state index in [-0.39, 0.29) is 29.6 Å². The SMILES string of the molecule is COC(=O)C/C=C/CCC(C)c1cc(O)c(C(=O)C(C)=Cc2cc(Br)c(CC(C)C)s2)c(=O)o1. The molecule has 0 aliphatic carbocycles. The maximum absolute atomic E-state index is 12.9. The normalized spacial score (nSPS) is 13.0. The first kappa shape index (κ1) is 27.8. The fourth-order valence-electron chi connectivity index (χ4n) is 3.30. The van der Waals surface area contributed by atoms with Gasteiger partial charge in [0.25, 0.3) is 0 Å². The zero-order valence-corrected chi connectivity index (χ0v) is 22.5. The van der Waals surface area contributed by atoms with Gasteiger partial charge in [-0.05, 0) is 65.7 Å². The summed E-state index contributed by atoms with van der Waals surface area (Å²) in [4.78, 5) is 38.7. The maximum atomic E-state index is 12.9. The number of carbonyl (C=O) groups is 2. The zero-order valence-electron chi connectivity index (χ0n) is 20.1. The third-order valence-corrected chi connectivity index (χ3v) is 7.27. The first-order valence-electron chi connectivity index (χ1n) is 11.1. The largest absolute Gasteiger partial charge is 0.507 e. The molecule has 0 fully saturated rings. The molecule has 1 N–H and O–H groups in total. The van der Waals surface area contributed by atoms with Crippen molar-refractivity contribution in [2.45, 2.75) is 59.3 Å². The van der Waals surface area contributed by atoms with Crippen LogP contribution in [0, 0.1) is 5.92 Å². The van der Waals surface area contributed by atoms with Gasteiger partial charge >= 0.3 is 11.6 Å². The smallest absolute Gasteiger partial charge is 0.351 e. The van der Waals surface area contributed by atoms with E-state index in [0.717, 1.165) is 15.8 Å². The number of Topliss-reactive ketones (excluding diaryl/α,β-unsaturated/α-hetero) is 1. The lowest BCUT2D eigenvalue weighted by molar-refractivity contribution is -0.139. The Morgan fingerprint density at radius 2 is 1.94 bits per heavy atom. The highest BCUT2D eigenvalue weighted by Crippen LogP contribution is 2.32. The molecule has 2 aromatic rings. The first-order chi connectivity index (χ1) is 16.0. The number of hydrogen-bond donors (Lipinski definition) is 1. The molecule has 0 saturated heterocycles. The van der Waals surface area contributed by atoms with E-state index in [2.05, 4.69) is 34.5 Å². The minimum absolute atomic E-state index is 0.162. The number of allylic oxidation sites excluding steroid dienone is 2. The Bertz CT molecular complexity index is 1140. The molecular weight excluding hydrogens is 520 g/mol. The summed E-state index contributed by atoms with van der Waals surface area (Å²) in [6, 6.07) is 3.29. The topological polar surface area (TPSA) is 93.8 Å². The van der Waals surface area contributed by atoms with Crippen LogP contribution in [0.2, 0.25) is 0 Å². The molecule has 0 radical (unpaired) electrons. The van der Waals surface area contributed by atoms with Gasteiger partial charge in [0.1, 0.15) is 17.1 Å². The van der Waals surface area contributed by atoms with Crippen LogP contribution in [0.1, 0.15) is 78.7 Å². The summed E-state index contributed by atoms with van der Waals surface area (Å²) in [5.41, 5.74) is -0.877. The van der Waals surface area contributed by atoms with Crippen molar-refractivity contribution in [3.63, 3.8) is 0 Å². The van der Waals surface area contributed by atoms with Crippen molar-refractivity contribution in [3.05, 3.63) is 65.8 Å². The second-order valence-electron chi connectivity index (χ2n) is 8.60. The van der Waals surface area contributed by atoms with Gasteiger partial charge in [-0.1, -0.05) is 32.9 Å². The predicted octanol–water partition coefficient (Wildman–Crippen LogP) is 6.66. The zero-order chi connectivity index (χ0) is 25.4. The highest BCUT2D eigenvalue weighted by Gasteiger charge is 2.22. The molecule has 1 unspecified atom stereocenters. The van der Waals surface area contributed by atoms with E-state index < -0.39 is 11.4 Å². The van der Waals surface area contributed by atoms with Crippen LogP contribution in [-0.4, -0.2) is 24.0 Å². The molecule has 8 heteroatoms. The Morgan fingerprint density at radius 3 is 2.56 bits per heavy atom. The lowest BCUT2D eigenvalue weighted by atomic mass is 9.99. The van der Waals surface area contributed by atoms with Crippen LogP contribution < -0.4 is 5.63 Å². The van der Waals surface area contributed by atoms with Crippen LogP contribution in [0.5, 0.6) is 5.75 Å². The highest BCUT2D eigenvalue weighted by atomic mass is 79.9. The fourth-order valence-corrected chi connectivity index (χ4v) is 5.38. The number of halogens is 1. The summed E-state index contributed by atoms with van der Waals surface area (Å²) in [5.74, 6) is -0.607. The summed E-state index contributed by atoms with van der Waals surface area (Å²) in [5, 5.41) is 10.5. The van der Waals surface area contributed by atoms with Crippen molar-refractivity contribution >= 4 is 45.1 Å². The van der Waals surface area contributed by atoms with E-state index in [0.29, 0.717) is 30.1 Å². The Kier molecular flexibility index (Phi) is 10.5. The Hall–Kier alpha value is -2.45. The van der Waals surface area contributed by atoms with Crippen LogP contribution in [0.3, 0.4) is 0 Å². The summed E-state index contributed by atoms with van der Waals surface area (Å²) < 4.78 is 11.0. The van der Waals surface area contributed by atoms with E-state index in [1.807, 2.05) is 19.1 Å². The number of ketones is 1. The molecule has 0 spiro atoms. The first-order valence-corrected chi connectivity index (χ1v) is 12.7. The molecule has 2 rings (SSSR count). The number of rotatable bonds is 11. The molecule has 2 aromatic heterocycles. The van der Waals surface area contributed by atoms with Gasteiger partial charge in [0.05, 0.1) is 13.5 Å². The van der Waals surface area contributed by atoms with E-state index in [1.54, 1.807) is 30.4 Å². The van der Waals surface area contributed by atoms with Crippen molar-refractivity contribution in [1.29, 1.82) is 0 Å². The molecule has 184 valence electrons. The minimum Gasteiger partial charge on any atom is -0.507 e. The van der Waals surface area contributed by atoms with E-state index in [9.17, 15) is 19.5 Å². The van der Waals surface area contributed by atoms with Crippen LogP contribution in [-0.2, 0) is 16.0 Å². The summed E-state index contributed by atoms with van der Waals surface area (Å²) >= 11 is 5.15. The van der Waals surface area contributed by atoms with Gasteiger partial charge in [-0.25, -0.2) is 4.79 Å². The summed E-state index contributed by atoms with van der Waals surface area (Å²) in [7, 11) is 1.34. The number of thiophene rings is 1. The fraction of sp³-hybridized carbons (Fsp3) is 0.423. The molecule has 2 heterocycles. The molecule has 6 nitrogen and oxygen atoms in total. The molecule has 0 bridgehead atoms. The molecule has 0 amide bonds. The van der Waals surface area contributed by atoms with Crippen LogP contribution >= 0.6 is 27.3 Å². The molecule has 0 aromatic carbocycles. The number of methoxy groups -OCH3 is 1. The highest BCUT2D eigenvalue weighted by molar-refractivity contribution is 9.10. The van der Waals surface area contributed by atoms with Crippen LogP contribution in [0.15, 0.2) is 43.5 Å². The Morgan fingerprint density at radius 1 is 1.24 bits per heavy atom. The number of aromatic hydroxyl groups is 1. The van der Waals surface area contributed by atoms with Crippen LogP contribution in [0.25, 0.3) is 6.08 Å². The molecule has 0 aliphatic heterocycles. The molecule has 1 atom stereocenters. The van der Waals surface area contributed by atoms with Crippen molar-refractivity contribution in [2.24, 2.45) is 5.92 Å². The van der Waals surface area contributed by atoms with Gasteiger partial charge in [-0.2, -0.15) is 0 Å². The molecule has 0 saturated carbocycles. The van der Waals surface area contributed by atoms with Crippen molar-refractivity contribution in [2.75, 3.05) is 7.11 Å². The van der Waals surface area contributed by atoms with Gasteiger partial charge in [0.15, 0.2) is 5.78 Å². The van der Waals surface area contributed by atoms with Gasteiger partial charge in [0, 0.05) is 26.2 Å². The average Bonchev–Trinajstić information content (AvgIpc) is 3.10. The summed E-state index contributed by atoms with van der Waals surface area (Å²) in [6.45, 7) is 7.77. The lowest BCUT2D eigenvalue weighted by Gasteiger charge is -2.11.